The monoisotopic (exact) mass is 377 g/mol. The lowest BCUT2D eigenvalue weighted by atomic mass is 10.0. The minimum absolute atomic E-state index is 1.12. The summed E-state index contributed by atoms with van der Waals surface area (Å²) in [4.78, 5) is 3.50. The van der Waals surface area contributed by atoms with E-state index in [0.717, 1.165) is 5.03 Å². The number of thioether (sulfide) groups is 1. The maximum Gasteiger partial charge on any atom is 0.124 e. The van der Waals surface area contributed by atoms with Crippen molar-refractivity contribution >= 4 is 34.3 Å². The molecule has 0 fully saturated rings. The fraction of sp³-hybridized carbons (Fsp3) is 0.0385. The second-order valence-corrected chi connectivity index (χ2v) is 7.90. The molecule has 0 amide bonds. The third-order valence-electron chi connectivity index (χ3n) is 5.11. The van der Waals surface area contributed by atoms with E-state index in [4.69, 9.17) is 0 Å². The van der Waals surface area contributed by atoms with E-state index in [9.17, 15) is 0 Å². The summed E-state index contributed by atoms with van der Waals surface area (Å²) in [6, 6.07) is 32.1. The van der Waals surface area contributed by atoms with Crippen LogP contribution in [0.3, 0.4) is 0 Å². The minimum atomic E-state index is 1.12. The molecule has 0 aromatic heterocycles. The minimum Gasteiger partial charge on any atom is -0.332 e. The van der Waals surface area contributed by atoms with Gasteiger partial charge in [-0.15, -0.1) is 0 Å². The van der Waals surface area contributed by atoms with Crippen molar-refractivity contribution in [2.75, 3.05) is 11.9 Å². The first kappa shape index (κ1) is 16.9. The lowest BCUT2D eigenvalue weighted by molar-refractivity contribution is 1.18. The fourth-order valence-corrected chi connectivity index (χ4v) is 4.60. The second kappa shape index (κ2) is 7.09. The molecule has 134 valence electrons. The Morgan fingerprint density at radius 2 is 1.57 bits per heavy atom. The van der Waals surface area contributed by atoms with E-state index in [1.165, 1.54) is 38.0 Å². The van der Waals surface area contributed by atoms with Crippen LogP contribution in [0.5, 0.6) is 0 Å². The van der Waals surface area contributed by atoms with Crippen molar-refractivity contribution in [3.05, 3.63) is 107 Å². The summed E-state index contributed by atoms with van der Waals surface area (Å²) in [6.07, 6.45) is 2.10. The lowest BCUT2D eigenvalue weighted by Gasteiger charge is -2.13. The van der Waals surface area contributed by atoms with Gasteiger partial charge in [0.2, 0.25) is 0 Å². The van der Waals surface area contributed by atoms with Crippen LogP contribution in [0.1, 0.15) is 5.56 Å². The number of hydrogen-bond donors (Lipinski definition) is 0. The zero-order valence-corrected chi connectivity index (χ0v) is 16.4. The second-order valence-electron chi connectivity index (χ2n) is 6.87. The zero-order chi connectivity index (χ0) is 18.9. The number of fused-ring (bicyclic) bond motifs is 2. The summed E-state index contributed by atoms with van der Waals surface area (Å²) < 4.78 is 0. The number of rotatable bonds is 2. The normalized spacial score (nSPS) is 12.8. The molecular weight excluding hydrogens is 358 g/mol. The molecule has 0 spiro atoms. The summed E-state index contributed by atoms with van der Waals surface area (Å²) in [5.74, 6) is 0. The van der Waals surface area contributed by atoms with Crippen molar-refractivity contribution in [3.8, 4) is 11.1 Å². The van der Waals surface area contributed by atoms with E-state index in [2.05, 4.69) is 115 Å². The molecule has 28 heavy (non-hydrogen) atoms. The van der Waals surface area contributed by atoms with Gasteiger partial charge in [0.15, 0.2) is 0 Å². The molecule has 0 N–H and O–H groups in total. The maximum absolute atomic E-state index is 3.53. The van der Waals surface area contributed by atoms with E-state index in [1.54, 1.807) is 11.8 Å². The summed E-state index contributed by atoms with van der Waals surface area (Å²) in [5.41, 5.74) is 8.44. The van der Waals surface area contributed by atoms with Crippen molar-refractivity contribution in [1.82, 2.24) is 0 Å². The van der Waals surface area contributed by atoms with E-state index >= 15 is 0 Å². The third kappa shape index (κ3) is 3.03. The van der Waals surface area contributed by atoms with Crippen molar-refractivity contribution in [1.29, 1.82) is 0 Å². The van der Waals surface area contributed by atoms with Gasteiger partial charge in [-0.3, -0.25) is 0 Å². The van der Waals surface area contributed by atoms with Gasteiger partial charge in [0.1, 0.15) is 5.03 Å². The molecule has 0 saturated heterocycles. The summed E-state index contributed by atoms with van der Waals surface area (Å²) in [5, 5.41) is 3.63. The molecule has 4 aromatic rings. The zero-order valence-electron chi connectivity index (χ0n) is 15.6. The largest absolute Gasteiger partial charge is 0.332 e. The highest BCUT2D eigenvalue weighted by molar-refractivity contribution is 8.03. The lowest BCUT2D eigenvalue weighted by Crippen LogP contribution is -2.08. The van der Waals surface area contributed by atoms with Crippen LogP contribution in [-0.2, 0) is 0 Å². The first-order valence-corrected chi connectivity index (χ1v) is 10.2. The Labute approximate surface area is 169 Å². The molecule has 1 nitrogen and oxygen atoms in total. The van der Waals surface area contributed by atoms with E-state index in [-0.39, 0.29) is 0 Å². The van der Waals surface area contributed by atoms with Crippen LogP contribution in [0.2, 0.25) is 0 Å². The Bertz CT molecular complexity index is 1230. The third-order valence-corrected chi connectivity index (χ3v) is 6.26. The molecule has 1 aliphatic rings. The summed E-state index contributed by atoms with van der Waals surface area (Å²) in [6.45, 7) is 0. The Morgan fingerprint density at radius 1 is 0.786 bits per heavy atom. The van der Waals surface area contributed by atoms with Gasteiger partial charge in [-0.05, 0) is 45.7 Å². The SMILES string of the molecule is CN1C(=C=Cc2cccc3ccccc23)Sc2ccc(-c3ccccc3)cc21. The van der Waals surface area contributed by atoms with Crippen LogP contribution in [0.15, 0.2) is 107 Å². The van der Waals surface area contributed by atoms with Gasteiger partial charge in [-0.25, -0.2) is 0 Å². The first-order chi connectivity index (χ1) is 13.8. The number of benzene rings is 4. The Kier molecular flexibility index (Phi) is 4.29. The average molecular weight is 378 g/mol. The summed E-state index contributed by atoms with van der Waals surface area (Å²) >= 11 is 1.77. The highest BCUT2D eigenvalue weighted by Crippen LogP contribution is 2.46. The standard InChI is InChI=1S/C26H19NS/c1-27-24-18-22(19-8-3-2-4-9-19)14-16-25(24)28-26(27)17-15-21-12-7-11-20-10-5-6-13-23(20)21/h2-16,18H,1H3. The van der Waals surface area contributed by atoms with Crippen LogP contribution in [0.4, 0.5) is 5.69 Å². The first-order valence-electron chi connectivity index (χ1n) is 9.35. The molecular formula is C26H19NS. The van der Waals surface area contributed by atoms with Crippen LogP contribution >= 0.6 is 11.8 Å². The van der Waals surface area contributed by atoms with Gasteiger partial charge in [0.25, 0.3) is 0 Å². The molecule has 5 rings (SSSR count). The highest BCUT2D eigenvalue weighted by Gasteiger charge is 2.22. The van der Waals surface area contributed by atoms with E-state index < -0.39 is 0 Å². The molecule has 0 bridgehead atoms. The van der Waals surface area contributed by atoms with Gasteiger partial charge in [0, 0.05) is 11.9 Å². The fourth-order valence-electron chi connectivity index (χ4n) is 3.60. The summed E-state index contributed by atoms with van der Waals surface area (Å²) in [7, 11) is 2.12. The topological polar surface area (TPSA) is 3.24 Å². The van der Waals surface area contributed by atoms with E-state index in [0.29, 0.717) is 0 Å². The number of nitrogens with zero attached hydrogens (tertiary/aromatic N) is 1. The van der Waals surface area contributed by atoms with Gasteiger partial charge < -0.3 is 4.90 Å². The smallest absolute Gasteiger partial charge is 0.124 e. The Hall–Kier alpha value is -3.19. The molecule has 1 heterocycles. The number of anilines is 1. The molecule has 0 atom stereocenters. The van der Waals surface area contributed by atoms with Crippen LogP contribution < -0.4 is 4.90 Å². The van der Waals surface area contributed by atoms with E-state index in [1.807, 2.05) is 0 Å². The molecule has 0 unspecified atom stereocenters. The molecule has 0 aliphatic carbocycles. The Balaban J connectivity index is 1.52. The van der Waals surface area contributed by atoms with Gasteiger partial charge in [0.05, 0.1) is 5.69 Å². The maximum atomic E-state index is 3.53. The van der Waals surface area contributed by atoms with Gasteiger partial charge in [-0.1, -0.05) is 96.4 Å². The molecule has 0 radical (unpaired) electrons. The van der Waals surface area contributed by atoms with Crippen LogP contribution in [-0.4, -0.2) is 7.05 Å². The predicted octanol–water partition coefficient (Wildman–Crippen LogP) is 7.20. The molecule has 1 aliphatic heterocycles. The number of hydrogen-bond acceptors (Lipinski definition) is 2. The molecule has 0 saturated carbocycles. The van der Waals surface area contributed by atoms with Gasteiger partial charge in [-0.2, -0.15) is 0 Å². The quantitative estimate of drug-likeness (QED) is 0.340. The van der Waals surface area contributed by atoms with Crippen LogP contribution in [0.25, 0.3) is 28.0 Å². The van der Waals surface area contributed by atoms with Gasteiger partial charge >= 0.3 is 0 Å². The highest BCUT2D eigenvalue weighted by atomic mass is 32.2. The molecule has 2 heteroatoms. The molecule has 4 aromatic carbocycles. The van der Waals surface area contributed by atoms with Crippen molar-refractivity contribution < 1.29 is 0 Å². The predicted molar refractivity (Wildman–Crippen MR) is 122 cm³/mol. The van der Waals surface area contributed by atoms with Crippen molar-refractivity contribution in [3.63, 3.8) is 0 Å². The van der Waals surface area contributed by atoms with Crippen molar-refractivity contribution in [2.24, 2.45) is 0 Å². The Morgan fingerprint density at radius 3 is 2.46 bits per heavy atom. The van der Waals surface area contributed by atoms with Crippen LogP contribution in [0, 0.1) is 0 Å². The van der Waals surface area contributed by atoms with Crippen molar-refractivity contribution in [2.45, 2.75) is 4.90 Å². The average Bonchev–Trinajstić information content (AvgIpc) is 3.08.